The Balaban J connectivity index is 2.22. The fourth-order valence-electron chi connectivity index (χ4n) is 3.46. The van der Waals surface area contributed by atoms with Crippen molar-refractivity contribution in [3.63, 3.8) is 0 Å². The highest BCUT2D eigenvalue weighted by atomic mass is 35.5. The lowest BCUT2D eigenvalue weighted by Gasteiger charge is -2.22. The Labute approximate surface area is 136 Å². The Bertz CT molecular complexity index is 357. The molecule has 0 aromatic heterocycles. The Morgan fingerprint density at radius 1 is 0.810 bits per heavy atom. The summed E-state index contributed by atoms with van der Waals surface area (Å²) in [6.07, 6.45) is 9.45. The number of alkyl halides is 1. The third kappa shape index (κ3) is 5.45. The summed E-state index contributed by atoms with van der Waals surface area (Å²) >= 11 is 5.67. The summed E-state index contributed by atoms with van der Waals surface area (Å²) in [5, 5.41) is 10.5. The quantitative estimate of drug-likeness (QED) is 0.387. The summed E-state index contributed by atoms with van der Waals surface area (Å²) in [5.41, 5.74) is 5.52. The molecule has 1 aliphatic rings. The monoisotopic (exact) mass is 312 g/mol. The van der Waals surface area contributed by atoms with Crippen LogP contribution in [0, 0.1) is 5.92 Å². The van der Waals surface area contributed by atoms with Gasteiger partial charge in [0.1, 0.15) is 0 Å². The van der Waals surface area contributed by atoms with Gasteiger partial charge in [0.25, 0.3) is 0 Å². The third-order valence-corrected chi connectivity index (χ3v) is 5.46. The van der Waals surface area contributed by atoms with Crippen molar-refractivity contribution < 1.29 is 5.11 Å². The molecule has 1 atom stereocenters. The van der Waals surface area contributed by atoms with E-state index in [0.717, 1.165) is 25.1 Å². The Kier molecular flexibility index (Phi) is 8.66. The van der Waals surface area contributed by atoms with E-state index in [-0.39, 0.29) is 12.0 Å². The zero-order chi connectivity index (χ0) is 15.8. The third-order valence-electron chi connectivity index (χ3n) is 5.20. The Morgan fingerprint density at radius 3 is 1.71 bits per heavy atom. The van der Waals surface area contributed by atoms with Gasteiger partial charge in [-0.3, -0.25) is 0 Å². The molecule has 122 valence electrons. The first-order valence-electron chi connectivity index (χ1n) is 8.59. The van der Waals surface area contributed by atoms with Crippen LogP contribution in [0.3, 0.4) is 0 Å². The summed E-state index contributed by atoms with van der Waals surface area (Å²) in [6.45, 7) is 8.73. The van der Waals surface area contributed by atoms with E-state index < -0.39 is 0 Å². The average molecular weight is 313 g/mol. The molecule has 0 aliphatic heterocycles. The summed E-state index contributed by atoms with van der Waals surface area (Å²) < 4.78 is 0. The van der Waals surface area contributed by atoms with E-state index in [1.807, 2.05) is 0 Å². The number of hydrogen-bond acceptors (Lipinski definition) is 1. The van der Waals surface area contributed by atoms with Crippen LogP contribution >= 0.6 is 11.6 Å². The molecule has 1 nitrogen and oxygen atoms in total. The van der Waals surface area contributed by atoms with Gasteiger partial charge in [-0.25, -0.2) is 0 Å². The van der Waals surface area contributed by atoms with Gasteiger partial charge in [-0.1, -0.05) is 49.7 Å². The average Bonchev–Trinajstić information content (AvgIpc) is 2.66. The fraction of sp³-hybridized carbons (Fsp3) is 0.789. The molecule has 1 aliphatic carbocycles. The molecular formula is C19H33ClO. The minimum Gasteiger partial charge on any atom is -0.392 e. The molecule has 1 unspecified atom stereocenters. The zero-order valence-corrected chi connectivity index (χ0v) is 15.1. The van der Waals surface area contributed by atoms with Crippen LogP contribution in [-0.2, 0) is 0 Å². The predicted octanol–water partition coefficient (Wildman–Crippen LogP) is 6.01. The molecule has 0 fully saturated rings. The Hall–Kier alpha value is -0.270. The molecule has 0 saturated heterocycles. The number of aliphatic hydroxyl groups excluding tert-OH is 1. The van der Waals surface area contributed by atoms with Crippen LogP contribution in [0.4, 0.5) is 0 Å². The maximum Gasteiger partial charge on any atom is 0.0642 e. The van der Waals surface area contributed by atoms with Crippen LogP contribution in [0.25, 0.3) is 0 Å². The highest BCUT2D eigenvalue weighted by Crippen LogP contribution is 2.39. The van der Waals surface area contributed by atoms with Crippen LogP contribution in [-0.4, -0.2) is 17.1 Å². The fourth-order valence-corrected chi connectivity index (χ4v) is 3.65. The van der Waals surface area contributed by atoms with E-state index in [9.17, 15) is 5.11 Å². The van der Waals surface area contributed by atoms with Gasteiger partial charge in [0.2, 0.25) is 0 Å². The lowest BCUT2D eigenvalue weighted by molar-refractivity contribution is 0.127. The first-order chi connectivity index (χ1) is 10.0. The van der Waals surface area contributed by atoms with E-state index in [1.54, 1.807) is 0 Å². The maximum atomic E-state index is 10.5. The van der Waals surface area contributed by atoms with Crippen molar-refractivity contribution in [2.45, 2.75) is 85.2 Å². The second-order valence-electron chi connectivity index (χ2n) is 6.61. The number of unbranched alkanes of at least 4 members (excludes halogenated alkanes) is 6. The van der Waals surface area contributed by atoms with E-state index in [4.69, 9.17) is 11.6 Å². The minimum absolute atomic E-state index is 0.200. The van der Waals surface area contributed by atoms with Crippen molar-refractivity contribution in [1.82, 2.24) is 0 Å². The van der Waals surface area contributed by atoms with Crippen LogP contribution in [0.5, 0.6) is 0 Å². The van der Waals surface area contributed by atoms with Crippen LogP contribution in [0.1, 0.15) is 79.1 Å². The largest absolute Gasteiger partial charge is 0.392 e. The smallest absolute Gasteiger partial charge is 0.0642 e. The molecule has 0 aromatic carbocycles. The number of rotatable bonds is 10. The second-order valence-corrected chi connectivity index (χ2v) is 6.99. The molecule has 1 N–H and O–H groups in total. The molecule has 1 rings (SSSR count). The molecular weight excluding hydrogens is 280 g/mol. The molecule has 0 amide bonds. The van der Waals surface area contributed by atoms with Crippen LogP contribution < -0.4 is 0 Å². The standard InChI is InChI=1S/C19H33ClO/c1-14-15(2)17(4)19(16(14)3)18(21)12-10-8-6-5-7-9-11-13-20/h18-19,21H,5-13H2,1-4H3. The number of halogens is 1. The van der Waals surface area contributed by atoms with Crippen molar-refractivity contribution in [3.8, 4) is 0 Å². The molecule has 2 heteroatoms. The molecule has 0 bridgehead atoms. The summed E-state index contributed by atoms with van der Waals surface area (Å²) in [7, 11) is 0. The summed E-state index contributed by atoms with van der Waals surface area (Å²) in [6, 6.07) is 0. The number of allylic oxidation sites excluding steroid dienone is 2. The zero-order valence-electron chi connectivity index (χ0n) is 14.3. The van der Waals surface area contributed by atoms with E-state index in [2.05, 4.69) is 27.7 Å². The molecule has 0 spiro atoms. The maximum absolute atomic E-state index is 10.5. The van der Waals surface area contributed by atoms with Gasteiger partial charge in [-0.05, 0) is 51.7 Å². The first kappa shape index (κ1) is 18.8. The number of aliphatic hydroxyl groups is 1. The van der Waals surface area contributed by atoms with Gasteiger partial charge in [0, 0.05) is 11.8 Å². The topological polar surface area (TPSA) is 20.2 Å². The predicted molar refractivity (Wildman–Crippen MR) is 93.9 cm³/mol. The van der Waals surface area contributed by atoms with E-state index in [0.29, 0.717) is 0 Å². The normalized spacial score (nSPS) is 18.0. The molecule has 0 heterocycles. The lowest BCUT2D eigenvalue weighted by Crippen LogP contribution is -2.21. The Morgan fingerprint density at radius 2 is 1.24 bits per heavy atom. The second kappa shape index (κ2) is 9.69. The van der Waals surface area contributed by atoms with Crippen molar-refractivity contribution in [2.24, 2.45) is 5.92 Å². The highest BCUT2D eigenvalue weighted by Gasteiger charge is 2.29. The minimum atomic E-state index is -0.200. The molecule has 0 radical (unpaired) electrons. The van der Waals surface area contributed by atoms with Gasteiger partial charge in [-0.15, -0.1) is 11.6 Å². The van der Waals surface area contributed by atoms with Crippen LogP contribution in [0.2, 0.25) is 0 Å². The highest BCUT2D eigenvalue weighted by molar-refractivity contribution is 6.17. The van der Waals surface area contributed by atoms with Gasteiger partial charge in [0.05, 0.1) is 6.10 Å². The van der Waals surface area contributed by atoms with Crippen molar-refractivity contribution >= 4 is 11.6 Å². The molecule has 0 saturated carbocycles. The van der Waals surface area contributed by atoms with Crippen molar-refractivity contribution in [2.75, 3.05) is 5.88 Å². The van der Waals surface area contributed by atoms with E-state index >= 15 is 0 Å². The van der Waals surface area contributed by atoms with Gasteiger partial charge >= 0.3 is 0 Å². The SMILES string of the molecule is CC1=C(C)C(C(O)CCCCCCCCCCl)C(C)=C1C. The summed E-state index contributed by atoms with van der Waals surface area (Å²) in [5.74, 6) is 1.07. The van der Waals surface area contributed by atoms with Crippen molar-refractivity contribution in [3.05, 3.63) is 22.3 Å². The van der Waals surface area contributed by atoms with Gasteiger partial charge in [0.15, 0.2) is 0 Å². The van der Waals surface area contributed by atoms with E-state index in [1.165, 1.54) is 54.4 Å². The summed E-state index contributed by atoms with van der Waals surface area (Å²) in [4.78, 5) is 0. The molecule has 21 heavy (non-hydrogen) atoms. The first-order valence-corrected chi connectivity index (χ1v) is 9.13. The molecule has 0 aromatic rings. The van der Waals surface area contributed by atoms with Crippen LogP contribution in [0.15, 0.2) is 22.3 Å². The lowest BCUT2D eigenvalue weighted by atomic mass is 9.88. The van der Waals surface area contributed by atoms with Gasteiger partial charge < -0.3 is 5.11 Å². The number of hydrogen-bond donors (Lipinski definition) is 1. The van der Waals surface area contributed by atoms with Gasteiger partial charge in [-0.2, -0.15) is 0 Å². The van der Waals surface area contributed by atoms with Crippen molar-refractivity contribution in [1.29, 1.82) is 0 Å².